The van der Waals surface area contributed by atoms with E-state index in [4.69, 9.17) is 0 Å². The van der Waals surface area contributed by atoms with Gasteiger partial charge in [0.15, 0.2) is 0 Å². The monoisotopic (exact) mass is 350 g/mol. The van der Waals surface area contributed by atoms with Gasteiger partial charge in [-0.1, -0.05) is 84.0 Å². The summed E-state index contributed by atoms with van der Waals surface area (Å²) in [5.74, 6) is 0.687. The van der Waals surface area contributed by atoms with E-state index in [1.54, 1.807) is 0 Å². The lowest BCUT2D eigenvalue weighted by Crippen LogP contribution is -2.18. The van der Waals surface area contributed by atoms with Crippen molar-refractivity contribution in [2.75, 3.05) is 0 Å². The molecule has 2 aromatic rings. The second-order valence-corrected chi connectivity index (χ2v) is 9.40. The highest BCUT2D eigenvalue weighted by Crippen LogP contribution is 2.43. The van der Waals surface area contributed by atoms with E-state index in [0.717, 1.165) is 17.5 Å². The van der Waals surface area contributed by atoms with Crippen molar-refractivity contribution in [1.29, 1.82) is 0 Å². The van der Waals surface area contributed by atoms with Gasteiger partial charge in [-0.3, -0.25) is 0 Å². The zero-order valence-electron chi connectivity index (χ0n) is 17.5. The van der Waals surface area contributed by atoms with Crippen LogP contribution in [-0.2, 0) is 10.8 Å². The molecular formula is C25H34O. The van der Waals surface area contributed by atoms with Crippen LogP contribution in [0.3, 0.4) is 0 Å². The fraction of sp³-hybridized carbons (Fsp3) is 0.440. The summed E-state index contributed by atoms with van der Waals surface area (Å²) in [6, 6.07) is 13.0. The quantitative estimate of drug-likeness (QED) is 0.588. The normalized spacial score (nSPS) is 13.5. The van der Waals surface area contributed by atoms with Gasteiger partial charge < -0.3 is 5.11 Å². The van der Waals surface area contributed by atoms with Gasteiger partial charge in [-0.25, -0.2) is 0 Å². The molecule has 26 heavy (non-hydrogen) atoms. The van der Waals surface area contributed by atoms with Crippen molar-refractivity contribution in [1.82, 2.24) is 0 Å². The van der Waals surface area contributed by atoms with Crippen LogP contribution in [0, 0.1) is 6.92 Å². The fourth-order valence-corrected chi connectivity index (χ4v) is 3.59. The van der Waals surface area contributed by atoms with Crippen molar-refractivity contribution < 1.29 is 5.11 Å². The third-order valence-corrected chi connectivity index (χ3v) is 5.12. The maximum Gasteiger partial charge on any atom is 0.123 e. The number of allylic oxidation sites excluding steroid dienone is 1. The largest absolute Gasteiger partial charge is 0.507 e. The summed E-state index contributed by atoms with van der Waals surface area (Å²) in [6.45, 7) is 19.1. The highest BCUT2D eigenvalue weighted by atomic mass is 16.3. The van der Waals surface area contributed by atoms with Crippen LogP contribution in [0.15, 0.2) is 49.1 Å². The smallest absolute Gasteiger partial charge is 0.123 e. The molecule has 0 aliphatic heterocycles. The number of phenols is 1. The zero-order chi connectivity index (χ0) is 19.7. The molecule has 1 atom stereocenters. The Morgan fingerprint density at radius 3 is 1.88 bits per heavy atom. The van der Waals surface area contributed by atoms with Crippen molar-refractivity contribution in [3.63, 3.8) is 0 Å². The maximum atomic E-state index is 11.0. The Bertz CT molecular complexity index is 750. The number of aromatic hydroxyl groups is 1. The molecule has 1 heteroatoms. The summed E-state index contributed by atoms with van der Waals surface area (Å²) in [5.41, 5.74) is 5.67. The second kappa shape index (κ2) is 7.31. The van der Waals surface area contributed by atoms with Gasteiger partial charge in [0.2, 0.25) is 0 Å². The minimum atomic E-state index is -0.120. The van der Waals surface area contributed by atoms with Gasteiger partial charge in [0, 0.05) is 5.92 Å². The molecule has 0 aliphatic rings. The molecule has 0 fully saturated rings. The molecule has 0 saturated heterocycles. The van der Waals surface area contributed by atoms with Crippen molar-refractivity contribution >= 4 is 0 Å². The minimum absolute atomic E-state index is 0.120. The number of benzene rings is 2. The SMILES string of the molecule is C=CCC(c1cc(C(C)(C)C)c(O)c(C(C)(C)C)c1)c1ccccc1C. The Balaban J connectivity index is 2.77. The van der Waals surface area contributed by atoms with Gasteiger partial charge in [0.25, 0.3) is 0 Å². The van der Waals surface area contributed by atoms with E-state index in [1.165, 1.54) is 16.7 Å². The van der Waals surface area contributed by atoms with Crippen LogP contribution in [0.1, 0.15) is 81.7 Å². The average molecular weight is 351 g/mol. The van der Waals surface area contributed by atoms with Crippen molar-refractivity contribution in [3.8, 4) is 5.75 Å². The van der Waals surface area contributed by atoms with E-state index in [-0.39, 0.29) is 16.7 Å². The van der Waals surface area contributed by atoms with Crippen molar-refractivity contribution in [3.05, 3.63) is 76.9 Å². The van der Waals surface area contributed by atoms with Gasteiger partial charge in [0.05, 0.1) is 0 Å². The molecule has 0 aliphatic carbocycles. The molecule has 0 heterocycles. The van der Waals surface area contributed by atoms with Crippen LogP contribution in [-0.4, -0.2) is 5.11 Å². The number of aryl methyl sites for hydroxylation is 1. The highest BCUT2D eigenvalue weighted by molar-refractivity contribution is 5.52. The molecule has 0 saturated carbocycles. The molecular weight excluding hydrogens is 316 g/mol. The number of hydrogen-bond donors (Lipinski definition) is 1. The van der Waals surface area contributed by atoms with E-state index >= 15 is 0 Å². The van der Waals surface area contributed by atoms with E-state index in [2.05, 4.69) is 91.4 Å². The first-order valence-electron chi connectivity index (χ1n) is 9.51. The first-order valence-corrected chi connectivity index (χ1v) is 9.51. The summed E-state index contributed by atoms with van der Waals surface area (Å²) in [5, 5.41) is 11.0. The highest BCUT2D eigenvalue weighted by Gasteiger charge is 2.28. The summed E-state index contributed by atoms with van der Waals surface area (Å²) in [7, 11) is 0. The fourth-order valence-electron chi connectivity index (χ4n) is 3.59. The van der Waals surface area contributed by atoms with Crippen molar-refractivity contribution in [2.24, 2.45) is 0 Å². The van der Waals surface area contributed by atoms with Crippen LogP contribution < -0.4 is 0 Å². The Morgan fingerprint density at radius 1 is 0.962 bits per heavy atom. The van der Waals surface area contributed by atoms with Gasteiger partial charge in [-0.2, -0.15) is 0 Å². The summed E-state index contributed by atoms with van der Waals surface area (Å²) >= 11 is 0. The molecule has 1 N–H and O–H groups in total. The summed E-state index contributed by atoms with van der Waals surface area (Å²) in [6.07, 6.45) is 2.88. The second-order valence-electron chi connectivity index (χ2n) is 9.40. The number of hydrogen-bond acceptors (Lipinski definition) is 1. The lowest BCUT2D eigenvalue weighted by molar-refractivity contribution is 0.422. The summed E-state index contributed by atoms with van der Waals surface area (Å²) in [4.78, 5) is 0. The maximum absolute atomic E-state index is 11.0. The molecule has 2 aromatic carbocycles. The van der Waals surface area contributed by atoms with Crippen LogP contribution in [0.2, 0.25) is 0 Å². The third kappa shape index (κ3) is 4.20. The molecule has 1 unspecified atom stereocenters. The first-order chi connectivity index (χ1) is 12.0. The van der Waals surface area contributed by atoms with Gasteiger partial charge in [0.1, 0.15) is 5.75 Å². The topological polar surface area (TPSA) is 20.2 Å². The molecule has 1 nitrogen and oxygen atoms in total. The molecule has 0 radical (unpaired) electrons. The van der Waals surface area contributed by atoms with Gasteiger partial charge in [-0.15, -0.1) is 6.58 Å². The molecule has 0 amide bonds. The number of rotatable bonds is 4. The molecule has 140 valence electrons. The molecule has 0 aromatic heterocycles. The van der Waals surface area contributed by atoms with Gasteiger partial charge >= 0.3 is 0 Å². The standard InChI is InChI=1S/C25H34O/c1-9-12-20(19-14-11-10-13-17(19)2)18-15-21(24(3,4)5)23(26)22(16-18)25(6,7)8/h9-11,13-16,20,26H,1,12H2,2-8H3. The van der Waals surface area contributed by atoms with Crippen LogP contribution in [0.4, 0.5) is 0 Å². The zero-order valence-corrected chi connectivity index (χ0v) is 17.5. The lowest BCUT2D eigenvalue weighted by atomic mass is 9.75. The molecule has 0 spiro atoms. The Kier molecular flexibility index (Phi) is 5.70. The Hall–Kier alpha value is -2.02. The Morgan fingerprint density at radius 2 is 1.46 bits per heavy atom. The van der Waals surface area contributed by atoms with Crippen LogP contribution in [0.5, 0.6) is 5.75 Å². The van der Waals surface area contributed by atoms with E-state index in [1.807, 2.05) is 6.08 Å². The third-order valence-electron chi connectivity index (χ3n) is 5.12. The predicted molar refractivity (Wildman–Crippen MR) is 113 cm³/mol. The number of phenolic OH excluding ortho intramolecular Hbond substituents is 1. The van der Waals surface area contributed by atoms with Crippen molar-refractivity contribution in [2.45, 2.75) is 71.6 Å². The van der Waals surface area contributed by atoms with E-state index in [0.29, 0.717) is 5.75 Å². The van der Waals surface area contributed by atoms with E-state index < -0.39 is 0 Å². The first kappa shape index (κ1) is 20.3. The Labute approximate surface area is 159 Å². The van der Waals surface area contributed by atoms with Crippen LogP contribution in [0.25, 0.3) is 0 Å². The predicted octanol–water partition coefficient (Wildman–Crippen LogP) is 7.00. The van der Waals surface area contributed by atoms with E-state index in [9.17, 15) is 5.11 Å². The molecule has 2 rings (SSSR count). The van der Waals surface area contributed by atoms with Crippen LogP contribution >= 0.6 is 0 Å². The minimum Gasteiger partial charge on any atom is -0.507 e. The summed E-state index contributed by atoms with van der Waals surface area (Å²) < 4.78 is 0. The molecule has 0 bridgehead atoms. The lowest BCUT2D eigenvalue weighted by Gasteiger charge is -2.30. The van der Waals surface area contributed by atoms with Gasteiger partial charge in [-0.05, 0) is 52.0 Å². The average Bonchev–Trinajstić information content (AvgIpc) is 2.51.